The lowest BCUT2D eigenvalue weighted by Gasteiger charge is -2.00. The monoisotopic (exact) mass is 173 g/mol. The third-order valence-electron chi connectivity index (χ3n) is 2.13. The minimum absolute atomic E-state index is 0.743. The van der Waals surface area contributed by atoms with Gasteiger partial charge in [0.05, 0.1) is 0 Å². The Morgan fingerprint density at radius 3 is 3.08 bits per heavy atom. The Bertz CT molecular complexity index is 454. The van der Waals surface area contributed by atoms with Crippen molar-refractivity contribution < 1.29 is 0 Å². The van der Waals surface area contributed by atoms with Crippen LogP contribution >= 0.6 is 0 Å². The second-order valence-electron chi connectivity index (χ2n) is 2.95. The average molecular weight is 173 g/mol. The third kappa shape index (κ3) is 1.33. The lowest BCUT2D eigenvalue weighted by molar-refractivity contribution is 1.10. The van der Waals surface area contributed by atoms with Crippen molar-refractivity contribution in [2.45, 2.75) is 13.8 Å². The van der Waals surface area contributed by atoms with E-state index in [4.69, 9.17) is 0 Å². The standard InChI is InChI=1S/C10H11N3/c1-3-8(2)9-6-12-10-11-4-5-13(10)7-9/h3-7H,1-2H3/b8-3-. The molecule has 0 aliphatic heterocycles. The molecule has 0 radical (unpaired) electrons. The molecule has 66 valence electrons. The highest BCUT2D eigenvalue weighted by Gasteiger charge is 1.98. The fraction of sp³-hybridized carbons (Fsp3) is 0.200. The Labute approximate surface area is 76.8 Å². The van der Waals surface area contributed by atoms with Gasteiger partial charge < -0.3 is 0 Å². The van der Waals surface area contributed by atoms with Gasteiger partial charge in [0.25, 0.3) is 0 Å². The maximum absolute atomic E-state index is 4.22. The Morgan fingerprint density at radius 1 is 1.46 bits per heavy atom. The van der Waals surface area contributed by atoms with Gasteiger partial charge in [-0.25, -0.2) is 9.97 Å². The van der Waals surface area contributed by atoms with E-state index in [0.29, 0.717) is 0 Å². The summed E-state index contributed by atoms with van der Waals surface area (Å²) >= 11 is 0. The first-order chi connectivity index (χ1) is 6.31. The van der Waals surface area contributed by atoms with Crippen molar-refractivity contribution in [1.82, 2.24) is 14.4 Å². The van der Waals surface area contributed by atoms with Crippen molar-refractivity contribution >= 4 is 11.4 Å². The summed E-state index contributed by atoms with van der Waals surface area (Å²) < 4.78 is 1.92. The van der Waals surface area contributed by atoms with Gasteiger partial charge in [-0.3, -0.25) is 4.40 Å². The predicted octanol–water partition coefficient (Wildman–Crippen LogP) is 2.15. The summed E-state index contributed by atoms with van der Waals surface area (Å²) in [5.41, 5.74) is 2.36. The van der Waals surface area contributed by atoms with E-state index in [2.05, 4.69) is 23.0 Å². The van der Waals surface area contributed by atoms with E-state index in [9.17, 15) is 0 Å². The van der Waals surface area contributed by atoms with Crippen LogP contribution in [-0.4, -0.2) is 14.4 Å². The quantitative estimate of drug-likeness (QED) is 0.661. The molecule has 13 heavy (non-hydrogen) atoms. The topological polar surface area (TPSA) is 30.2 Å². The highest BCUT2D eigenvalue weighted by molar-refractivity contribution is 5.62. The van der Waals surface area contributed by atoms with Crippen LogP contribution in [0.15, 0.2) is 30.9 Å². The molecule has 2 heterocycles. The number of hydrogen-bond donors (Lipinski definition) is 0. The van der Waals surface area contributed by atoms with Crippen LogP contribution in [0.5, 0.6) is 0 Å². The molecule has 2 aromatic heterocycles. The Kier molecular flexibility index (Phi) is 1.85. The van der Waals surface area contributed by atoms with Gasteiger partial charge in [0.1, 0.15) is 0 Å². The maximum Gasteiger partial charge on any atom is 0.233 e. The van der Waals surface area contributed by atoms with Crippen molar-refractivity contribution in [2.24, 2.45) is 0 Å². The molecule has 0 saturated heterocycles. The molecule has 0 saturated carbocycles. The van der Waals surface area contributed by atoms with E-state index < -0.39 is 0 Å². The molecule has 3 nitrogen and oxygen atoms in total. The summed E-state index contributed by atoms with van der Waals surface area (Å²) in [6.45, 7) is 4.09. The van der Waals surface area contributed by atoms with E-state index in [1.807, 2.05) is 29.9 Å². The Balaban J connectivity index is 2.60. The lowest BCUT2D eigenvalue weighted by atomic mass is 10.1. The fourth-order valence-electron chi connectivity index (χ4n) is 1.19. The van der Waals surface area contributed by atoms with Crippen molar-refractivity contribution in [3.05, 3.63) is 36.4 Å². The smallest absolute Gasteiger partial charge is 0.233 e. The molecule has 0 fully saturated rings. The molecule has 0 bridgehead atoms. The molecule has 2 rings (SSSR count). The van der Waals surface area contributed by atoms with Crippen molar-refractivity contribution in [3.8, 4) is 0 Å². The molecule has 2 aromatic rings. The minimum Gasteiger partial charge on any atom is -0.291 e. The van der Waals surface area contributed by atoms with Crippen LogP contribution in [0.25, 0.3) is 11.4 Å². The van der Waals surface area contributed by atoms with Gasteiger partial charge in [-0.15, -0.1) is 0 Å². The van der Waals surface area contributed by atoms with Gasteiger partial charge >= 0.3 is 0 Å². The Morgan fingerprint density at radius 2 is 2.31 bits per heavy atom. The third-order valence-corrected chi connectivity index (χ3v) is 2.13. The molecule has 0 aliphatic rings. The zero-order chi connectivity index (χ0) is 9.26. The van der Waals surface area contributed by atoms with Crippen LogP contribution in [0.2, 0.25) is 0 Å². The molecule has 0 amide bonds. The SMILES string of the molecule is C/C=C(/C)c1cnc2nccn2c1. The first kappa shape index (κ1) is 7.98. The highest BCUT2D eigenvalue weighted by Crippen LogP contribution is 2.11. The summed E-state index contributed by atoms with van der Waals surface area (Å²) in [5, 5.41) is 0. The molecule has 0 spiro atoms. The van der Waals surface area contributed by atoms with Crippen LogP contribution in [-0.2, 0) is 0 Å². The number of imidazole rings is 1. The van der Waals surface area contributed by atoms with E-state index in [1.54, 1.807) is 6.20 Å². The van der Waals surface area contributed by atoms with Crippen molar-refractivity contribution in [1.29, 1.82) is 0 Å². The second-order valence-corrected chi connectivity index (χ2v) is 2.95. The lowest BCUT2D eigenvalue weighted by Crippen LogP contribution is -1.90. The van der Waals surface area contributed by atoms with Gasteiger partial charge in [0.2, 0.25) is 5.78 Å². The van der Waals surface area contributed by atoms with E-state index in [0.717, 1.165) is 11.3 Å². The summed E-state index contributed by atoms with van der Waals surface area (Å²) in [7, 11) is 0. The number of rotatable bonds is 1. The first-order valence-electron chi connectivity index (χ1n) is 4.23. The number of fused-ring (bicyclic) bond motifs is 1. The Hall–Kier alpha value is -1.64. The van der Waals surface area contributed by atoms with Crippen LogP contribution < -0.4 is 0 Å². The summed E-state index contributed by atoms with van der Waals surface area (Å²) in [6, 6.07) is 0. The minimum atomic E-state index is 0.743. The van der Waals surface area contributed by atoms with Crippen LogP contribution in [0, 0.1) is 0 Å². The van der Waals surface area contributed by atoms with Gasteiger partial charge in [0.15, 0.2) is 0 Å². The van der Waals surface area contributed by atoms with Crippen LogP contribution in [0.1, 0.15) is 19.4 Å². The highest BCUT2D eigenvalue weighted by atomic mass is 15.1. The van der Waals surface area contributed by atoms with Crippen LogP contribution in [0.3, 0.4) is 0 Å². The molecule has 0 N–H and O–H groups in total. The summed E-state index contributed by atoms with van der Waals surface area (Å²) in [6.07, 6.45) is 9.59. The van der Waals surface area contributed by atoms with Crippen molar-refractivity contribution in [3.63, 3.8) is 0 Å². The average Bonchev–Trinajstić information content (AvgIpc) is 2.63. The van der Waals surface area contributed by atoms with Gasteiger partial charge in [-0.05, 0) is 19.4 Å². The van der Waals surface area contributed by atoms with Crippen molar-refractivity contribution in [2.75, 3.05) is 0 Å². The van der Waals surface area contributed by atoms with Gasteiger partial charge in [-0.2, -0.15) is 0 Å². The zero-order valence-electron chi connectivity index (χ0n) is 7.73. The molecule has 0 aromatic carbocycles. The number of nitrogens with zero attached hydrogens (tertiary/aromatic N) is 3. The molecular formula is C10H11N3. The second kappa shape index (κ2) is 3.01. The largest absolute Gasteiger partial charge is 0.291 e. The van der Waals surface area contributed by atoms with Gasteiger partial charge in [-0.1, -0.05) is 6.08 Å². The summed E-state index contributed by atoms with van der Waals surface area (Å²) in [4.78, 5) is 8.30. The van der Waals surface area contributed by atoms with E-state index >= 15 is 0 Å². The van der Waals surface area contributed by atoms with Gasteiger partial charge in [0, 0.05) is 30.4 Å². The molecule has 0 atom stereocenters. The number of allylic oxidation sites excluding steroid dienone is 2. The molecular weight excluding hydrogens is 162 g/mol. The first-order valence-corrected chi connectivity index (χ1v) is 4.23. The maximum atomic E-state index is 4.22. The predicted molar refractivity (Wildman–Crippen MR) is 52.3 cm³/mol. The fourth-order valence-corrected chi connectivity index (χ4v) is 1.19. The number of aromatic nitrogens is 3. The normalized spacial score (nSPS) is 12.3. The molecule has 0 unspecified atom stereocenters. The van der Waals surface area contributed by atoms with Crippen LogP contribution in [0.4, 0.5) is 0 Å². The van der Waals surface area contributed by atoms with E-state index in [1.165, 1.54) is 5.57 Å². The molecule has 0 aliphatic carbocycles. The zero-order valence-corrected chi connectivity index (χ0v) is 7.73. The number of hydrogen-bond acceptors (Lipinski definition) is 2. The summed E-state index contributed by atoms with van der Waals surface area (Å²) in [5.74, 6) is 0.743. The van der Waals surface area contributed by atoms with E-state index in [-0.39, 0.29) is 0 Å². The molecule has 3 heteroatoms.